The zero-order chi connectivity index (χ0) is 19.8. The zero-order valence-corrected chi connectivity index (χ0v) is 16.3. The number of halogens is 1. The molecule has 7 heteroatoms. The molecule has 0 unspecified atom stereocenters. The largest absolute Gasteiger partial charge is 0.496 e. The average Bonchev–Trinajstić information content (AvgIpc) is 2.69. The summed E-state index contributed by atoms with van der Waals surface area (Å²) in [5.74, 6) is 1.66. The maximum absolute atomic E-state index is 12.1. The van der Waals surface area contributed by atoms with Crippen LogP contribution >= 0.6 is 11.6 Å². The molecule has 0 N–H and O–H groups in total. The highest BCUT2D eigenvalue weighted by Crippen LogP contribution is 2.35. The smallest absolute Gasteiger partial charge is 0.331 e. The van der Waals surface area contributed by atoms with Crippen LogP contribution < -0.4 is 18.9 Å². The molecule has 6 nitrogen and oxygen atoms in total. The number of ether oxygens (including phenoxy) is 5. The van der Waals surface area contributed by atoms with Gasteiger partial charge in [-0.2, -0.15) is 0 Å². The van der Waals surface area contributed by atoms with Crippen LogP contribution in [0, 0.1) is 0 Å². The molecule has 0 aromatic heterocycles. The summed E-state index contributed by atoms with van der Waals surface area (Å²) in [5.41, 5.74) is 1.32. The first-order valence-corrected chi connectivity index (χ1v) is 8.37. The second-order valence-corrected chi connectivity index (χ2v) is 5.78. The Balaban J connectivity index is 2.12. The van der Waals surface area contributed by atoms with E-state index in [0.29, 0.717) is 39.1 Å². The van der Waals surface area contributed by atoms with Crippen molar-refractivity contribution in [1.29, 1.82) is 0 Å². The second kappa shape index (κ2) is 9.73. The molecular weight excluding hydrogens is 372 g/mol. The fraction of sp³-hybridized carbons (Fsp3) is 0.250. The molecule has 2 aromatic rings. The number of hydrogen-bond donors (Lipinski definition) is 0. The van der Waals surface area contributed by atoms with Crippen LogP contribution in [0.1, 0.15) is 11.1 Å². The molecule has 27 heavy (non-hydrogen) atoms. The Hall–Kier alpha value is -2.86. The lowest BCUT2D eigenvalue weighted by Gasteiger charge is -2.12. The number of carbonyl (C=O) groups excluding carboxylic acids is 1. The number of rotatable bonds is 8. The first-order valence-electron chi connectivity index (χ1n) is 7.99. The minimum atomic E-state index is -0.520. The summed E-state index contributed by atoms with van der Waals surface area (Å²) < 4.78 is 26.3. The van der Waals surface area contributed by atoms with E-state index in [1.165, 1.54) is 34.5 Å². The standard InChI is InChI=1S/C20H21ClO6/c1-23-16-7-6-15(21)9-14(16)12-27-20(22)8-5-13-10-18(25-3)19(26-4)11-17(13)24-2/h5-11H,12H2,1-4H3/b8-5+. The molecule has 0 fully saturated rings. The van der Waals surface area contributed by atoms with Crippen molar-refractivity contribution in [2.24, 2.45) is 0 Å². The van der Waals surface area contributed by atoms with Gasteiger partial charge in [-0.15, -0.1) is 0 Å². The molecule has 0 aliphatic heterocycles. The molecule has 0 atom stereocenters. The van der Waals surface area contributed by atoms with Crippen LogP contribution in [0.15, 0.2) is 36.4 Å². The Morgan fingerprint density at radius 3 is 2.15 bits per heavy atom. The van der Waals surface area contributed by atoms with Gasteiger partial charge in [0.2, 0.25) is 0 Å². The van der Waals surface area contributed by atoms with Crippen LogP contribution in [0.2, 0.25) is 5.02 Å². The number of methoxy groups -OCH3 is 4. The number of hydrogen-bond acceptors (Lipinski definition) is 6. The third-order valence-electron chi connectivity index (χ3n) is 3.75. The first-order chi connectivity index (χ1) is 13.0. The summed E-state index contributed by atoms with van der Waals surface area (Å²) in [4.78, 5) is 12.1. The summed E-state index contributed by atoms with van der Waals surface area (Å²) in [6, 6.07) is 8.50. The third-order valence-corrected chi connectivity index (χ3v) is 3.98. The van der Waals surface area contributed by atoms with Crippen LogP contribution in [-0.2, 0) is 16.1 Å². The Kier molecular flexibility index (Phi) is 7.37. The fourth-order valence-corrected chi connectivity index (χ4v) is 2.59. The Bertz CT molecular complexity index is 831. The van der Waals surface area contributed by atoms with E-state index >= 15 is 0 Å². The molecule has 0 saturated carbocycles. The van der Waals surface area contributed by atoms with Crippen molar-refractivity contribution in [3.05, 3.63) is 52.6 Å². The molecule has 0 heterocycles. The fourth-order valence-electron chi connectivity index (χ4n) is 2.40. The SMILES string of the molecule is COc1cc(OC)c(OC)cc1/C=C/C(=O)OCc1cc(Cl)ccc1OC. The molecule has 0 spiro atoms. The van der Waals surface area contributed by atoms with Crippen molar-refractivity contribution in [1.82, 2.24) is 0 Å². The molecule has 2 aromatic carbocycles. The maximum atomic E-state index is 12.1. The molecule has 0 amide bonds. The van der Waals surface area contributed by atoms with E-state index in [0.717, 1.165) is 0 Å². The molecular formula is C20H21ClO6. The summed E-state index contributed by atoms with van der Waals surface area (Å²) >= 11 is 5.97. The summed E-state index contributed by atoms with van der Waals surface area (Å²) in [6.45, 7) is 0.0377. The summed E-state index contributed by atoms with van der Waals surface area (Å²) in [6.07, 6.45) is 2.89. The quantitative estimate of drug-likeness (QED) is 0.497. The van der Waals surface area contributed by atoms with E-state index in [9.17, 15) is 4.79 Å². The number of carbonyl (C=O) groups is 1. The zero-order valence-electron chi connectivity index (χ0n) is 15.6. The predicted molar refractivity (Wildman–Crippen MR) is 103 cm³/mol. The third kappa shape index (κ3) is 5.31. The molecule has 2 rings (SSSR count). The highest BCUT2D eigenvalue weighted by atomic mass is 35.5. The Morgan fingerprint density at radius 1 is 0.889 bits per heavy atom. The lowest BCUT2D eigenvalue weighted by Crippen LogP contribution is -2.02. The maximum Gasteiger partial charge on any atom is 0.331 e. The normalized spacial score (nSPS) is 10.6. The average molecular weight is 393 g/mol. The lowest BCUT2D eigenvalue weighted by atomic mass is 10.1. The minimum Gasteiger partial charge on any atom is -0.496 e. The van der Waals surface area contributed by atoms with Gasteiger partial charge in [0, 0.05) is 28.3 Å². The van der Waals surface area contributed by atoms with Crippen molar-refractivity contribution in [2.75, 3.05) is 28.4 Å². The molecule has 0 aliphatic rings. The van der Waals surface area contributed by atoms with E-state index in [1.807, 2.05) is 0 Å². The molecule has 0 saturated heterocycles. The van der Waals surface area contributed by atoms with Crippen molar-refractivity contribution >= 4 is 23.6 Å². The minimum absolute atomic E-state index is 0.0377. The van der Waals surface area contributed by atoms with Gasteiger partial charge in [0.05, 0.1) is 28.4 Å². The molecule has 144 valence electrons. The topological polar surface area (TPSA) is 63.2 Å². The van der Waals surface area contributed by atoms with E-state index in [4.69, 9.17) is 35.3 Å². The highest BCUT2D eigenvalue weighted by Gasteiger charge is 2.11. The van der Waals surface area contributed by atoms with Crippen LogP contribution in [0.25, 0.3) is 6.08 Å². The van der Waals surface area contributed by atoms with Gasteiger partial charge >= 0.3 is 5.97 Å². The Labute approximate surface area is 163 Å². The lowest BCUT2D eigenvalue weighted by molar-refractivity contribution is -0.138. The van der Waals surface area contributed by atoms with Crippen LogP contribution in [0.5, 0.6) is 23.0 Å². The van der Waals surface area contributed by atoms with Crippen molar-refractivity contribution in [3.63, 3.8) is 0 Å². The van der Waals surface area contributed by atoms with Gasteiger partial charge in [-0.25, -0.2) is 4.79 Å². The van der Waals surface area contributed by atoms with Crippen LogP contribution in [-0.4, -0.2) is 34.4 Å². The van der Waals surface area contributed by atoms with E-state index in [-0.39, 0.29) is 6.61 Å². The first kappa shape index (κ1) is 20.5. The van der Waals surface area contributed by atoms with Gasteiger partial charge in [-0.05, 0) is 30.3 Å². The monoisotopic (exact) mass is 392 g/mol. The van der Waals surface area contributed by atoms with E-state index in [1.54, 1.807) is 36.4 Å². The van der Waals surface area contributed by atoms with E-state index in [2.05, 4.69) is 0 Å². The van der Waals surface area contributed by atoms with Crippen molar-refractivity contribution in [3.8, 4) is 23.0 Å². The van der Waals surface area contributed by atoms with Crippen molar-refractivity contribution < 1.29 is 28.5 Å². The Morgan fingerprint density at radius 2 is 1.52 bits per heavy atom. The molecule has 0 bridgehead atoms. The van der Waals surface area contributed by atoms with Gasteiger partial charge < -0.3 is 23.7 Å². The van der Waals surface area contributed by atoms with E-state index < -0.39 is 5.97 Å². The predicted octanol–water partition coefficient (Wildman–Crippen LogP) is 4.13. The van der Waals surface area contributed by atoms with Crippen molar-refractivity contribution in [2.45, 2.75) is 6.61 Å². The van der Waals surface area contributed by atoms with Gasteiger partial charge in [0.15, 0.2) is 11.5 Å². The van der Waals surface area contributed by atoms with Gasteiger partial charge in [-0.1, -0.05) is 11.6 Å². The van der Waals surface area contributed by atoms with Gasteiger partial charge in [0.1, 0.15) is 18.1 Å². The number of esters is 1. The second-order valence-electron chi connectivity index (χ2n) is 5.35. The number of benzene rings is 2. The molecule has 0 radical (unpaired) electrons. The van der Waals surface area contributed by atoms with Gasteiger partial charge in [-0.3, -0.25) is 0 Å². The van der Waals surface area contributed by atoms with Crippen LogP contribution in [0.4, 0.5) is 0 Å². The van der Waals surface area contributed by atoms with Crippen LogP contribution in [0.3, 0.4) is 0 Å². The van der Waals surface area contributed by atoms with Gasteiger partial charge in [0.25, 0.3) is 0 Å². The summed E-state index contributed by atoms with van der Waals surface area (Å²) in [7, 11) is 6.14. The highest BCUT2D eigenvalue weighted by molar-refractivity contribution is 6.30. The molecule has 0 aliphatic carbocycles. The summed E-state index contributed by atoms with van der Waals surface area (Å²) in [5, 5.41) is 0.535.